The third-order valence-electron chi connectivity index (χ3n) is 4.53. The number of ether oxygens (including phenoxy) is 1. The zero-order chi connectivity index (χ0) is 23.2. The number of anilines is 1. The Morgan fingerprint density at radius 1 is 1.21 bits per heavy atom. The van der Waals surface area contributed by atoms with E-state index in [2.05, 4.69) is 21.6 Å². The van der Waals surface area contributed by atoms with E-state index in [0.29, 0.717) is 33.2 Å². The fraction of sp³-hybridized carbons (Fsp3) is 0.130. The van der Waals surface area contributed by atoms with Crippen molar-refractivity contribution in [3.63, 3.8) is 0 Å². The normalized spacial score (nSPS) is 10.6. The molecule has 0 atom stereocenters. The summed E-state index contributed by atoms with van der Waals surface area (Å²) in [6.07, 6.45) is 0. The summed E-state index contributed by atoms with van der Waals surface area (Å²) >= 11 is 8.99. The number of nitrogens with zero attached hydrogens (tertiary/aromatic N) is 4. The van der Waals surface area contributed by atoms with Crippen LogP contribution in [0.15, 0.2) is 65.1 Å². The minimum Gasteiger partial charge on any atom is -0.494 e. The quantitative estimate of drug-likeness (QED) is 0.317. The minimum atomic E-state index is -0.237. The van der Waals surface area contributed by atoms with E-state index in [1.54, 1.807) is 17.5 Å². The van der Waals surface area contributed by atoms with Gasteiger partial charge in [0, 0.05) is 11.3 Å². The number of halogens is 1. The summed E-state index contributed by atoms with van der Waals surface area (Å²) in [4.78, 5) is 12.5. The molecule has 0 unspecified atom stereocenters. The van der Waals surface area contributed by atoms with Crippen LogP contribution >= 0.6 is 34.7 Å². The number of amides is 1. The number of nitriles is 1. The third kappa shape index (κ3) is 5.20. The number of thiophene rings is 1. The van der Waals surface area contributed by atoms with Gasteiger partial charge in [-0.25, -0.2) is 0 Å². The van der Waals surface area contributed by atoms with Gasteiger partial charge in [-0.1, -0.05) is 35.5 Å². The molecule has 10 heteroatoms. The van der Waals surface area contributed by atoms with E-state index in [-0.39, 0.29) is 11.7 Å². The van der Waals surface area contributed by atoms with Gasteiger partial charge in [-0.15, -0.1) is 21.5 Å². The number of thioether (sulfide) groups is 1. The highest BCUT2D eigenvalue weighted by Gasteiger charge is 2.19. The molecule has 166 valence electrons. The molecule has 2 aromatic heterocycles. The zero-order valence-corrected chi connectivity index (χ0v) is 19.9. The van der Waals surface area contributed by atoms with Gasteiger partial charge < -0.3 is 10.1 Å². The van der Waals surface area contributed by atoms with Crippen molar-refractivity contribution in [2.75, 3.05) is 17.7 Å². The monoisotopic (exact) mass is 495 g/mol. The predicted molar refractivity (Wildman–Crippen MR) is 131 cm³/mol. The molecule has 1 amide bonds. The summed E-state index contributed by atoms with van der Waals surface area (Å²) in [5, 5.41) is 24.0. The number of aromatic nitrogens is 3. The Bertz CT molecular complexity index is 1310. The van der Waals surface area contributed by atoms with Crippen molar-refractivity contribution in [3.8, 4) is 28.9 Å². The van der Waals surface area contributed by atoms with Crippen LogP contribution in [0, 0.1) is 11.3 Å². The van der Waals surface area contributed by atoms with E-state index in [4.69, 9.17) is 21.6 Å². The Labute approximate surface area is 204 Å². The van der Waals surface area contributed by atoms with Crippen LogP contribution in [0.2, 0.25) is 5.02 Å². The summed E-state index contributed by atoms with van der Waals surface area (Å²) in [7, 11) is 0. The van der Waals surface area contributed by atoms with Crippen LogP contribution < -0.4 is 10.1 Å². The van der Waals surface area contributed by atoms with Crippen LogP contribution in [-0.2, 0) is 4.79 Å². The Balaban J connectivity index is 1.63. The Morgan fingerprint density at radius 2 is 2.00 bits per heavy atom. The van der Waals surface area contributed by atoms with Crippen LogP contribution in [-0.4, -0.2) is 33.0 Å². The molecular formula is C23H18ClN5O2S2. The standard InChI is InChI=1S/C23H18ClN5O2S2/c1-2-31-17-9-7-16(8-10-17)29-21(18-5-3-4-6-19(18)24)27-28-23(29)33-14-20(30)26-22-15(13-25)11-12-32-22/h3-12H,2,14H2,1H3,(H,26,30). The van der Waals surface area contributed by atoms with E-state index >= 15 is 0 Å². The minimum absolute atomic E-state index is 0.0977. The molecule has 0 aliphatic heterocycles. The molecule has 2 heterocycles. The first kappa shape index (κ1) is 22.9. The van der Waals surface area contributed by atoms with Gasteiger partial charge in [0.25, 0.3) is 0 Å². The lowest BCUT2D eigenvalue weighted by Gasteiger charge is -2.12. The largest absolute Gasteiger partial charge is 0.494 e. The molecule has 4 aromatic rings. The molecule has 1 N–H and O–H groups in total. The van der Waals surface area contributed by atoms with Gasteiger partial charge in [0.05, 0.1) is 22.9 Å². The first-order valence-corrected chi connectivity index (χ1v) is 12.2. The van der Waals surface area contributed by atoms with Gasteiger partial charge >= 0.3 is 0 Å². The van der Waals surface area contributed by atoms with Gasteiger partial charge in [0.2, 0.25) is 5.91 Å². The Morgan fingerprint density at radius 3 is 2.73 bits per heavy atom. The molecule has 7 nitrogen and oxygen atoms in total. The van der Waals surface area contributed by atoms with Crippen molar-refractivity contribution < 1.29 is 9.53 Å². The number of carbonyl (C=O) groups excluding carboxylic acids is 1. The van der Waals surface area contributed by atoms with E-state index in [9.17, 15) is 4.79 Å². The summed E-state index contributed by atoms with van der Waals surface area (Å²) in [5.41, 5.74) is 1.98. The number of carbonyl (C=O) groups is 1. The first-order valence-electron chi connectivity index (χ1n) is 9.94. The smallest absolute Gasteiger partial charge is 0.235 e. The number of hydrogen-bond donors (Lipinski definition) is 1. The average Bonchev–Trinajstić information content (AvgIpc) is 3.45. The maximum Gasteiger partial charge on any atom is 0.235 e. The Hall–Kier alpha value is -3.32. The number of rotatable bonds is 8. The maximum absolute atomic E-state index is 12.5. The second-order valence-electron chi connectivity index (χ2n) is 6.66. The SMILES string of the molecule is CCOc1ccc(-n2c(SCC(=O)Nc3sccc3C#N)nnc2-c2ccccc2Cl)cc1. The molecule has 2 aromatic carbocycles. The molecule has 0 aliphatic carbocycles. The first-order chi connectivity index (χ1) is 16.1. The van der Waals surface area contributed by atoms with Gasteiger partial charge in [-0.3, -0.25) is 9.36 Å². The Kier molecular flexibility index (Phi) is 7.29. The van der Waals surface area contributed by atoms with Crippen molar-refractivity contribution in [2.24, 2.45) is 0 Å². The van der Waals surface area contributed by atoms with E-state index in [0.717, 1.165) is 17.0 Å². The highest BCUT2D eigenvalue weighted by atomic mass is 35.5. The van der Waals surface area contributed by atoms with Crippen LogP contribution in [0.4, 0.5) is 5.00 Å². The number of hydrogen-bond acceptors (Lipinski definition) is 7. The molecule has 4 rings (SSSR count). The number of benzene rings is 2. The van der Waals surface area contributed by atoms with Gasteiger partial charge in [-0.05, 0) is 54.8 Å². The maximum atomic E-state index is 12.5. The van der Waals surface area contributed by atoms with Gasteiger partial charge in [0.15, 0.2) is 11.0 Å². The van der Waals surface area contributed by atoms with Crippen molar-refractivity contribution >= 4 is 45.6 Å². The van der Waals surface area contributed by atoms with Gasteiger partial charge in [0.1, 0.15) is 16.8 Å². The lowest BCUT2D eigenvalue weighted by Crippen LogP contribution is -2.14. The van der Waals surface area contributed by atoms with Crippen LogP contribution in [0.25, 0.3) is 17.1 Å². The molecule has 0 spiro atoms. The van der Waals surface area contributed by atoms with Gasteiger partial charge in [-0.2, -0.15) is 5.26 Å². The molecule has 0 bridgehead atoms. The van der Waals surface area contributed by atoms with E-state index < -0.39 is 0 Å². The third-order valence-corrected chi connectivity index (χ3v) is 6.61. The predicted octanol–water partition coefficient (Wildman–Crippen LogP) is 5.65. The van der Waals surface area contributed by atoms with Crippen molar-refractivity contribution in [1.29, 1.82) is 5.26 Å². The summed E-state index contributed by atoms with van der Waals surface area (Å²) in [5.74, 6) is 1.18. The van der Waals surface area contributed by atoms with E-state index in [1.165, 1.54) is 23.1 Å². The van der Waals surface area contributed by atoms with E-state index in [1.807, 2.05) is 54.0 Å². The van der Waals surface area contributed by atoms with Crippen LogP contribution in [0.3, 0.4) is 0 Å². The average molecular weight is 496 g/mol. The molecule has 33 heavy (non-hydrogen) atoms. The fourth-order valence-corrected chi connectivity index (χ4v) is 4.78. The zero-order valence-electron chi connectivity index (χ0n) is 17.5. The van der Waals surface area contributed by atoms with Crippen molar-refractivity contribution in [2.45, 2.75) is 12.1 Å². The number of nitrogens with one attached hydrogen (secondary N) is 1. The molecule has 0 saturated carbocycles. The lowest BCUT2D eigenvalue weighted by molar-refractivity contribution is -0.113. The second kappa shape index (κ2) is 10.5. The van der Waals surface area contributed by atoms with Crippen molar-refractivity contribution in [1.82, 2.24) is 14.8 Å². The van der Waals surface area contributed by atoms with Crippen LogP contribution in [0.5, 0.6) is 5.75 Å². The molecule has 0 radical (unpaired) electrons. The highest BCUT2D eigenvalue weighted by Crippen LogP contribution is 2.32. The summed E-state index contributed by atoms with van der Waals surface area (Å²) in [6, 6.07) is 18.7. The molecule has 0 aliphatic rings. The topological polar surface area (TPSA) is 92.8 Å². The summed E-state index contributed by atoms with van der Waals surface area (Å²) < 4.78 is 7.41. The van der Waals surface area contributed by atoms with Crippen LogP contribution in [0.1, 0.15) is 12.5 Å². The summed E-state index contributed by atoms with van der Waals surface area (Å²) in [6.45, 7) is 2.50. The molecule has 0 fully saturated rings. The highest BCUT2D eigenvalue weighted by molar-refractivity contribution is 7.99. The fourth-order valence-electron chi connectivity index (χ4n) is 3.06. The second-order valence-corrected chi connectivity index (χ2v) is 8.93. The molecular weight excluding hydrogens is 478 g/mol. The lowest BCUT2D eigenvalue weighted by atomic mass is 10.2. The van der Waals surface area contributed by atoms with Crippen molar-refractivity contribution in [3.05, 3.63) is 70.6 Å². The molecule has 0 saturated heterocycles.